The Bertz CT molecular complexity index is 587. The van der Waals surface area contributed by atoms with Crippen LogP contribution in [0.5, 0.6) is 5.75 Å². The van der Waals surface area contributed by atoms with Gasteiger partial charge in [-0.25, -0.2) is 4.98 Å². The lowest BCUT2D eigenvalue weighted by Crippen LogP contribution is -2.45. The van der Waals surface area contributed by atoms with Crippen molar-refractivity contribution < 1.29 is 4.74 Å². The SMILES string of the molecule is CCOc1ccc2nc(CN3CCN(CC)CC3)[nH]c2c1. The summed E-state index contributed by atoms with van der Waals surface area (Å²) in [7, 11) is 0. The van der Waals surface area contributed by atoms with Crippen LogP contribution < -0.4 is 4.74 Å². The van der Waals surface area contributed by atoms with Crippen molar-refractivity contribution in [2.24, 2.45) is 0 Å². The van der Waals surface area contributed by atoms with Gasteiger partial charge in [-0.2, -0.15) is 0 Å². The first-order chi connectivity index (χ1) is 10.3. The molecule has 2 heterocycles. The minimum Gasteiger partial charge on any atom is -0.494 e. The van der Waals surface area contributed by atoms with Gasteiger partial charge in [0.2, 0.25) is 0 Å². The lowest BCUT2D eigenvalue weighted by Gasteiger charge is -2.33. The van der Waals surface area contributed by atoms with Crippen molar-refractivity contribution in [1.82, 2.24) is 19.8 Å². The van der Waals surface area contributed by atoms with Crippen molar-refractivity contribution in [1.29, 1.82) is 0 Å². The van der Waals surface area contributed by atoms with E-state index in [4.69, 9.17) is 4.74 Å². The number of imidazole rings is 1. The van der Waals surface area contributed by atoms with Gasteiger partial charge in [0, 0.05) is 32.2 Å². The van der Waals surface area contributed by atoms with Crippen LogP contribution in [-0.4, -0.2) is 59.1 Å². The molecular formula is C16H24N4O. The molecule has 1 aromatic heterocycles. The van der Waals surface area contributed by atoms with Crippen LogP contribution in [0, 0.1) is 0 Å². The highest BCUT2D eigenvalue weighted by Gasteiger charge is 2.16. The Hall–Kier alpha value is -1.59. The van der Waals surface area contributed by atoms with E-state index in [1.165, 1.54) is 0 Å². The molecule has 2 aromatic rings. The first-order valence-corrected chi connectivity index (χ1v) is 7.84. The molecular weight excluding hydrogens is 264 g/mol. The molecule has 1 fully saturated rings. The number of H-pyrrole nitrogens is 1. The van der Waals surface area contributed by atoms with Gasteiger partial charge in [0.15, 0.2) is 0 Å². The van der Waals surface area contributed by atoms with Crippen LogP contribution in [0.4, 0.5) is 0 Å². The Morgan fingerprint density at radius 1 is 1.14 bits per heavy atom. The van der Waals surface area contributed by atoms with Gasteiger partial charge < -0.3 is 14.6 Å². The number of aromatic nitrogens is 2. The first kappa shape index (κ1) is 14.4. The van der Waals surface area contributed by atoms with Gasteiger partial charge in [-0.05, 0) is 25.6 Å². The summed E-state index contributed by atoms with van der Waals surface area (Å²) in [6.45, 7) is 11.5. The Kier molecular flexibility index (Phi) is 4.41. The Labute approximate surface area is 125 Å². The second-order valence-electron chi connectivity index (χ2n) is 5.51. The zero-order valence-corrected chi connectivity index (χ0v) is 12.9. The molecule has 0 aliphatic carbocycles. The molecule has 1 saturated heterocycles. The Morgan fingerprint density at radius 3 is 2.62 bits per heavy atom. The highest BCUT2D eigenvalue weighted by Crippen LogP contribution is 2.19. The first-order valence-electron chi connectivity index (χ1n) is 7.84. The lowest BCUT2D eigenvalue weighted by molar-refractivity contribution is 0.130. The summed E-state index contributed by atoms with van der Waals surface area (Å²) in [6, 6.07) is 6.04. The number of likely N-dealkylation sites (N-methyl/N-ethyl adjacent to an activating group) is 1. The minimum atomic E-state index is 0.689. The quantitative estimate of drug-likeness (QED) is 0.915. The van der Waals surface area contributed by atoms with Crippen molar-refractivity contribution in [2.45, 2.75) is 20.4 Å². The van der Waals surface area contributed by atoms with Crippen molar-refractivity contribution >= 4 is 11.0 Å². The van der Waals surface area contributed by atoms with E-state index in [1.807, 2.05) is 25.1 Å². The average Bonchev–Trinajstić information content (AvgIpc) is 2.90. The predicted octanol–water partition coefficient (Wildman–Crippen LogP) is 2.10. The third-order valence-electron chi connectivity index (χ3n) is 4.10. The van der Waals surface area contributed by atoms with Gasteiger partial charge in [0.1, 0.15) is 11.6 Å². The number of piperazine rings is 1. The van der Waals surface area contributed by atoms with Gasteiger partial charge in [0.25, 0.3) is 0 Å². The third-order valence-corrected chi connectivity index (χ3v) is 4.10. The molecule has 114 valence electrons. The summed E-state index contributed by atoms with van der Waals surface area (Å²) < 4.78 is 5.53. The fourth-order valence-electron chi connectivity index (χ4n) is 2.85. The average molecular weight is 288 g/mol. The third kappa shape index (κ3) is 3.36. The van der Waals surface area contributed by atoms with E-state index in [0.29, 0.717) is 6.61 Å². The lowest BCUT2D eigenvalue weighted by atomic mass is 10.3. The molecule has 0 unspecified atom stereocenters. The molecule has 1 aliphatic heterocycles. The zero-order chi connectivity index (χ0) is 14.7. The number of aromatic amines is 1. The Balaban J connectivity index is 1.67. The van der Waals surface area contributed by atoms with Gasteiger partial charge in [-0.3, -0.25) is 4.90 Å². The summed E-state index contributed by atoms with van der Waals surface area (Å²) in [4.78, 5) is 13.1. The van der Waals surface area contributed by atoms with Gasteiger partial charge >= 0.3 is 0 Å². The molecule has 5 heteroatoms. The summed E-state index contributed by atoms with van der Waals surface area (Å²) in [6.07, 6.45) is 0. The maximum absolute atomic E-state index is 5.53. The molecule has 0 radical (unpaired) electrons. The zero-order valence-electron chi connectivity index (χ0n) is 12.9. The van der Waals surface area contributed by atoms with E-state index >= 15 is 0 Å². The van der Waals surface area contributed by atoms with Crippen LogP contribution in [0.1, 0.15) is 19.7 Å². The number of fused-ring (bicyclic) bond motifs is 1. The minimum absolute atomic E-state index is 0.689. The molecule has 1 aromatic carbocycles. The molecule has 0 spiro atoms. The van der Waals surface area contributed by atoms with Crippen molar-refractivity contribution in [3.63, 3.8) is 0 Å². The molecule has 0 bridgehead atoms. The van der Waals surface area contributed by atoms with Crippen LogP contribution in [0.3, 0.4) is 0 Å². The molecule has 5 nitrogen and oxygen atoms in total. The number of ether oxygens (including phenoxy) is 1. The number of hydrogen-bond acceptors (Lipinski definition) is 4. The summed E-state index contributed by atoms with van der Waals surface area (Å²) in [5, 5.41) is 0. The van der Waals surface area contributed by atoms with Crippen LogP contribution in [-0.2, 0) is 6.54 Å². The largest absolute Gasteiger partial charge is 0.494 e. The van der Waals surface area contributed by atoms with E-state index in [2.05, 4.69) is 26.7 Å². The van der Waals surface area contributed by atoms with E-state index in [0.717, 1.165) is 61.9 Å². The number of nitrogens with zero attached hydrogens (tertiary/aromatic N) is 3. The normalized spacial score (nSPS) is 17.4. The molecule has 3 rings (SSSR count). The van der Waals surface area contributed by atoms with Crippen molar-refractivity contribution in [2.75, 3.05) is 39.3 Å². The molecule has 0 atom stereocenters. The predicted molar refractivity (Wildman–Crippen MR) is 84.7 cm³/mol. The van der Waals surface area contributed by atoms with Crippen LogP contribution >= 0.6 is 0 Å². The second-order valence-corrected chi connectivity index (χ2v) is 5.51. The topological polar surface area (TPSA) is 44.4 Å². The monoisotopic (exact) mass is 288 g/mol. The summed E-state index contributed by atoms with van der Waals surface area (Å²) in [5.74, 6) is 1.94. The van der Waals surface area contributed by atoms with E-state index in [9.17, 15) is 0 Å². The number of hydrogen-bond donors (Lipinski definition) is 1. The molecule has 21 heavy (non-hydrogen) atoms. The van der Waals surface area contributed by atoms with Crippen LogP contribution in [0.25, 0.3) is 11.0 Å². The standard InChI is InChI=1S/C16H24N4O/c1-3-19-7-9-20(10-8-19)12-16-17-14-6-5-13(21-4-2)11-15(14)18-16/h5-6,11H,3-4,7-10,12H2,1-2H3,(H,17,18). The highest BCUT2D eigenvalue weighted by molar-refractivity contribution is 5.76. The van der Waals surface area contributed by atoms with E-state index in [1.54, 1.807) is 0 Å². The second kappa shape index (κ2) is 6.45. The van der Waals surface area contributed by atoms with E-state index < -0.39 is 0 Å². The molecule has 0 saturated carbocycles. The van der Waals surface area contributed by atoms with Crippen LogP contribution in [0.2, 0.25) is 0 Å². The number of benzene rings is 1. The molecule has 1 aliphatic rings. The van der Waals surface area contributed by atoms with Crippen molar-refractivity contribution in [3.05, 3.63) is 24.0 Å². The van der Waals surface area contributed by atoms with Crippen LogP contribution in [0.15, 0.2) is 18.2 Å². The van der Waals surface area contributed by atoms with Gasteiger partial charge in [-0.15, -0.1) is 0 Å². The number of nitrogens with one attached hydrogen (secondary N) is 1. The fourth-order valence-corrected chi connectivity index (χ4v) is 2.85. The van der Waals surface area contributed by atoms with E-state index in [-0.39, 0.29) is 0 Å². The molecule has 0 amide bonds. The Morgan fingerprint density at radius 2 is 1.90 bits per heavy atom. The number of rotatable bonds is 5. The van der Waals surface area contributed by atoms with Crippen molar-refractivity contribution in [3.8, 4) is 5.75 Å². The maximum atomic E-state index is 5.53. The molecule has 1 N–H and O–H groups in total. The van der Waals surface area contributed by atoms with Gasteiger partial charge in [0.05, 0.1) is 24.2 Å². The summed E-state index contributed by atoms with van der Waals surface area (Å²) >= 11 is 0. The maximum Gasteiger partial charge on any atom is 0.121 e. The fraction of sp³-hybridized carbons (Fsp3) is 0.562. The summed E-state index contributed by atoms with van der Waals surface area (Å²) in [5.41, 5.74) is 2.07. The van der Waals surface area contributed by atoms with Gasteiger partial charge in [-0.1, -0.05) is 6.92 Å². The highest BCUT2D eigenvalue weighted by atomic mass is 16.5. The smallest absolute Gasteiger partial charge is 0.121 e.